The third-order valence-electron chi connectivity index (χ3n) is 4.99. The zero-order chi connectivity index (χ0) is 26.0. The Hall–Kier alpha value is -3.90. The number of anilines is 1. The number of rotatable bonds is 6. The summed E-state index contributed by atoms with van der Waals surface area (Å²) in [6, 6.07) is 15.2. The van der Waals surface area contributed by atoms with Crippen LogP contribution in [0.15, 0.2) is 71.6 Å². The van der Waals surface area contributed by atoms with E-state index < -0.39 is 22.4 Å². The van der Waals surface area contributed by atoms with Gasteiger partial charge in [0, 0.05) is 6.07 Å². The van der Waals surface area contributed by atoms with Gasteiger partial charge in [0.1, 0.15) is 11.5 Å². The number of hydrogen-bond acceptors (Lipinski definition) is 7. The van der Waals surface area contributed by atoms with E-state index in [-0.39, 0.29) is 17.4 Å². The van der Waals surface area contributed by atoms with Crippen molar-refractivity contribution in [1.29, 1.82) is 0 Å². The fraction of sp³-hybridized carbons (Fsp3) is 0.0833. The second-order valence-corrected chi connectivity index (χ2v) is 8.98. The summed E-state index contributed by atoms with van der Waals surface area (Å²) < 4.78 is 50.0. The molecule has 1 heterocycles. The highest BCUT2D eigenvalue weighted by molar-refractivity contribution is 8.27. The number of methoxy groups -OCH3 is 1. The van der Waals surface area contributed by atoms with Gasteiger partial charge in [-0.3, -0.25) is 19.8 Å². The van der Waals surface area contributed by atoms with Crippen LogP contribution in [0.1, 0.15) is 11.1 Å². The standard InChI is InChI=1S/C24H15F3N2O5S2/c1-33-19-8-3-2-7-17(19)28-22(30)21(36-23(28)35)12-14-5-4-6-16(11-14)34-20-10-9-15(24(25,26)27)13-18(20)29(31)32/h2-13H,1H3/b21-12+. The first-order chi connectivity index (χ1) is 17.1. The Kier molecular flexibility index (Phi) is 7.00. The van der Waals surface area contributed by atoms with Crippen molar-refractivity contribution in [3.63, 3.8) is 0 Å². The van der Waals surface area contributed by atoms with Crippen molar-refractivity contribution in [3.8, 4) is 17.2 Å². The monoisotopic (exact) mass is 532 g/mol. The van der Waals surface area contributed by atoms with E-state index in [2.05, 4.69) is 0 Å². The van der Waals surface area contributed by atoms with E-state index in [4.69, 9.17) is 21.7 Å². The lowest BCUT2D eigenvalue weighted by molar-refractivity contribution is -0.385. The van der Waals surface area contributed by atoms with Gasteiger partial charge in [-0.2, -0.15) is 13.2 Å². The van der Waals surface area contributed by atoms with E-state index in [1.54, 1.807) is 42.5 Å². The number of nitro groups is 1. The molecule has 0 atom stereocenters. The third kappa shape index (κ3) is 5.19. The van der Waals surface area contributed by atoms with Crippen molar-refractivity contribution < 1.29 is 32.4 Å². The highest BCUT2D eigenvalue weighted by Crippen LogP contribution is 2.41. The van der Waals surface area contributed by atoms with Gasteiger partial charge in [-0.15, -0.1) is 0 Å². The molecule has 0 N–H and O–H groups in total. The van der Waals surface area contributed by atoms with E-state index in [1.807, 2.05) is 0 Å². The first-order valence-electron chi connectivity index (χ1n) is 10.1. The average Bonchev–Trinajstić information content (AvgIpc) is 3.11. The zero-order valence-corrected chi connectivity index (χ0v) is 19.9. The van der Waals surface area contributed by atoms with Gasteiger partial charge < -0.3 is 9.47 Å². The molecule has 4 rings (SSSR count). The third-order valence-corrected chi connectivity index (χ3v) is 6.29. The van der Waals surface area contributed by atoms with Gasteiger partial charge in [0.25, 0.3) is 5.91 Å². The van der Waals surface area contributed by atoms with Crippen LogP contribution in [-0.4, -0.2) is 22.3 Å². The van der Waals surface area contributed by atoms with Gasteiger partial charge in [-0.05, 0) is 48.0 Å². The summed E-state index contributed by atoms with van der Waals surface area (Å²) in [4.78, 5) is 25.2. The Morgan fingerprint density at radius 3 is 2.50 bits per heavy atom. The van der Waals surface area contributed by atoms with Crippen molar-refractivity contribution in [1.82, 2.24) is 0 Å². The molecule has 0 radical (unpaired) electrons. The molecule has 0 aromatic heterocycles. The molecule has 1 fully saturated rings. The minimum atomic E-state index is -4.74. The summed E-state index contributed by atoms with van der Waals surface area (Å²) in [5, 5.41) is 11.3. The number of nitro benzene ring substituents is 1. The molecule has 0 spiro atoms. The molecule has 1 saturated heterocycles. The van der Waals surface area contributed by atoms with Gasteiger partial charge in [-0.25, -0.2) is 0 Å². The van der Waals surface area contributed by atoms with Crippen LogP contribution in [0.4, 0.5) is 24.5 Å². The zero-order valence-electron chi connectivity index (χ0n) is 18.3. The van der Waals surface area contributed by atoms with Crippen LogP contribution in [0.3, 0.4) is 0 Å². The Morgan fingerprint density at radius 1 is 1.06 bits per heavy atom. The number of alkyl halides is 3. The van der Waals surface area contributed by atoms with Crippen LogP contribution in [0.5, 0.6) is 17.2 Å². The first-order valence-corrected chi connectivity index (χ1v) is 11.4. The fourth-order valence-electron chi connectivity index (χ4n) is 3.36. The maximum Gasteiger partial charge on any atom is 0.416 e. The van der Waals surface area contributed by atoms with Crippen LogP contribution in [0.25, 0.3) is 6.08 Å². The predicted octanol–water partition coefficient (Wildman–Crippen LogP) is 6.82. The number of amides is 1. The minimum absolute atomic E-state index is 0.131. The van der Waals surface area contributed by atoms with Crippen LogP contribution in [0.2, 0.25) is 0 Å². The molecular formula is C24H15F3N2O5S2. The molecule has 0 unspecified atom stereocenters. The number of para-hydroxylation sites is 2. The maximum absolute atomic E-state index is 13.1. The van der Waals surface area contributed by atoms with Gasteiger partial charge >= 0.3 is 11.9 Å². The number of benzene rings is 3. The number of ether oxygens (including phenoxy) is 2. The molecule has 7 nitrogen and oxygen atoms in total. The molecule has 184 valence electrons. The molecule has 36 heavy (non-hydrogen) atoms. The summed E-state index contributed by atoms with van der Waals surface area (Å²) in [5.41, 5.74) is -0.972. The maximum atomic E-state index is 13.1. The highest BCUT2D eigenvalue weighted by Gasteiger charge is 2.35. The number of nitrogens with zero attached hydrogens (tertiary/aromatic N) is 2. The van der Waals surface area contributed by atoms with E-state index in [0.717, 1.165) is 17.8 Å². The Morgan fingerprint density at radius 2 is 1.81 bits per heavy atom. The SMILES string of the molecule is COc1ccccc1N1C(=O)/C(=C\c2cccc(Oc3ccc(C(F)(F)F)cc3[N+](=O)[O-])c2)SC1=S. The predicted molar refractivity (Wildman–Crippen MR) is 133 cm³/mol. The minimum Gasteiger partial charge on any atom is -0.495 e. The number of halogens is 3. The lowest BCUT2D eigenvalue weighted by Crippen LogP contribution is -2.27. The number of hydrogen-bond donors (Lipinski definition) is 0. The smallest absolute Gasteiger partial charge is 0.416 e. The average molecular weight is 533 g/mol. The van der Waals surface area contributed by atoms with Crippen molar-refractivity contribution in [2.45, 2.75) is 6.18 Å². The quantitative estimate of drug-likeness (QED) is 0.149. The topological polar surface area (TPSA) is 81.9 Å². The number of carbonyl (C=O) groups excluding carboxylic acids is 1. The van der Waals surface area contributed by atoms with Crippen LogP contribution in [0, 0.1) is 10.1 Å². The van der Waals surface area contributed by atoms with Gasteiger partial charge in [0.2, 0.25) is 5.75 Å². The lowest BCUT2D eigenvalue weighted by atomic mass is 10.1. The summed E-state index contributed by atoms with van der Waals surface area (Å²) in [6.45, 7) is 0. The second-order valence-electron chi connectivity index (χ2n) is 7.30. The van der Waals surface area contributed by atoms with Crippen LogP contribution >= 0.6 is 24.0 Å². The molecule has 0 bridgehead atoms. The van der Waals surface area contributed by atoms with Gasteiger partial charge in [0.15, 0.2) is 4.32 Å². The molecule has 1 amide bonds. The van der Waals surface area contributed by atoms with Crippen molar-refractivity contribution in [2.24, 2.45) is 0 Å². The van der Waals surface area contributed by atoms with E-state index in [9.17, 15) is 28.1 Å². The summed E-state index contributed by atoms with van der Waals surface area (Å²) in [7, 11) is 1.48. The second kappa shape index (κ2) is 9.99. The summed E-state index contributed by atoms with van der Waals surface area (Å²) in [6.07, 6.45) is -3.16. The van der Waals surface area contributed by atoms with Crippen LogP contribution < -0.4 is 14.4 Å². The molecule has 0 saturated carbocycles. The molecule has 12 heteroatoms. The van der Waals surface area contributed by atoms with Crippen molar-refractivity contribution >= 4 is 51.7 Å². The molecule has 0 aliphatic carbocycles. The fourth-order valence-corrected chi connectivity index (χ4v) is 4.64. The first kappa shape index (κ1) is 25.2. The summed E-state index contributed by atoms with van der Waals surface area (Å²) >= 11 is 6.48. The highest BCUT2D eigenvalue weighted by atomic mass is 32.2. The van der Waals surface area contributed by atoms with E-state index in [1.165, 1.54) is 24.1 Å². The lowest BCUT2D eigenvalue weighted by Gasteiger charge is -2.17. The molecule has 1 aliphatic rings. The molecule has 3 aromatic carbocycles. The summed E-state index contributed by atoms with van der Waals surface area (Å²) in [5.74, 6) is -0.109. The van der Waals surface area contributed by atoms with Crippen LogP contribution in [-0.2, 0) is 11.0 Å². The molecule has 1 aliphatic heterocycles. The van der Waals surface area contributed by atoms with Gasteiger partial charge in [0.05, 0.1) is 28.2 Å². The van der Waals surface area contributed by atoms with Gasteiger partial charge in [-0.1, -0.05) is 48.2 Å². The number of thioether (sulfide) groups is 1. The molecular weight excluding hydrogens is 517 g/mol. The Balaban J connectivity index is 1.61. The molecule has 3 aromatic rings. The van der Waals surface area contributed by atoms with Crippen molar-refractivity contribution in [2.75, 3.05) is 12.0 Å². The van der Waals surface area contributed by atoms with Crippen molar-refractivity contribution in [3.05, 3.63) is 92.9 Å². The number of thiocarbonyl (C=S) groups is 1. The van der Waals surface area contributed by atoms with E-state index >= 15 is 0 Å². The number of carbonyl (C=O) groups is 1. The normalized spacial score (nSPS) is 14.9. The Bertz CT molecular complexity index is 1410. The Labute approximate surface area is 212 Å². The van der Waals surface area contributed by atoms with E-state index in [0.29, 0.717) is 38.4 Å². The largest absolute Gasteiger partial charge is 0.495 e.